The maximum absolute atomic E-state index is 6.15. The lowest BCUT2D eigenvalue weighted by Gasteiger charge is -2.24. The average molecular weight is 209 g/mol. The predicted molar refractivity (Wildman–Crippen MR) is 61.0 cm³/mol. The zero-order valence-electron chi connectivity index (χ0n) is 9.62. The fraction of sp³-hybridized carbons (Fsp3) is 0.500. The number of benzene rings is 1. The van der Waals surface area contributed by atoms with E-state index in [0.717, 1.165) is 11.3 Å². The van der Waals surface area contributed by atoms with Crippen LogP contribution in [0.3, 0.4) is 0 Å². The normalized spacial score (nSPS) is 14.7. The highest BCUT2D eigenvalue weighted by atomic mass is 16.5. The molecule has 0 amide bonds. The lowest BCUT2D eigenvalue weighted by atomic mass is 9.94. The highest BCUT2D eigenvalue weighted by Gasteiger charge is 2.20. The van der Waals surface area contributed by atoms with Gasteiger partial charge in [-0.15, -0.1) is 0 Å². The van der Waals surface area contributed by atoms with E-state index in [1.54, 1.807) is 7.11 Å². The molecule has 2 N–H and O–H groups in total. The third-order valence-electron chi connectivity index (χ3n) is 2.36. The number of hydrogen-bond acceptors (Lipinski definition) is 3. The summed E-state index contributed by atoms with van der Waals surface area (Å²) in [5.74, 6) is 0.839. The SMILES string of the molecule is CCOCC(C)(N)c1ccc(OC)cc1. The van der Waals surface area contributed by atoms with Gasteiger partial charge < -0.3 is 15.2 Å². The summed E-state index contributed by atoms with van der Waals surface area (Å²) in [6, 6.07) is 7.76. The van der Waals surface area contributed by atoms with E-state index in [4.69, 9.17) is 15.2 Å². The van der Waals surface area contributed by atoms with Crippen molar-refractivity contribution in [3.8, 4) is 5.75 Å². The average Bonchev–Trinajstić information content (AvgIpc) is 2.26. The molecule has 0 saturated carbocycles. The van der Waals surface area contributed by atoms with Crippen LogP contribution in [0.5, 0.6) is 5.75 Å². The van der Waals surface area contributed by atoms with Crippen molar-refractivity contribution in [2.45, 2.75) is 19.4 Å². The molecule has 1 atom stereocenters. The lowest BCUT2D eigenvalue weighted by Crippen LogP contribution is -2.38. The van der Waals surface area contributed by atoms with E-state index in [-0.39, 0.29) is 0 Å². The fourth-order valence-corrected chi connectivity index (χ4v) is 1.37. The Morgan fingerprint density at radius 1 is 1.27 bits per heavy atom. The van der Waals surface area contributed by atoms with Crippen molar-refractivity contribution >= 4 is 0 Å². The van der Waals surface area contributed by atoms with Crippen LogP contribution in [0.25, 0.3) is 0 Å². The Morgan fingerprint density at radius 2 is 1.87 bits per heavy atom. The Morgan fingerprint density at radius 3 is 2.33 bits per heavy atom. The molecule has 0 radical (unpaired) electrons. The number of ether oxygens (including phenoxy) is 2. The molecule has 1 unspecified atom stereocenters. The molecule has 1 aromatic rings. The first-order chi connectivity index (χ1) is 7.10. The Bertz CT molecular complexity index is 293. The van der Waals surface area contributed by atoms with Crippen molar-refractivity contribution in [1.29, 1.82) is 0 Å². The smallest absolute Gasteiger partial charge is 0.118 e. The van der Waals surface area contributed by atoms with Crippen molar-refractivity contribution in [1.82, 2.24) is 0 Å². The fourth-order valence-electron chi connectivity index (χ4n) is 1.37. The van der Waals surface area contributed by atoms with Gasteiger partial charge in [-0.25, -0.2) is 0 Å². The largest absolute Gasteiger partial charge is 0.497 e. The first kappa shape index (κ1) is 12.0. The Balaban J connectivity index is 2.75. The van der Waals surface area contributed by atoms with Crippen LogP contribution in [0, 0.1) is 0 Å². The van der Waals surface area contributed by atoms with Crippen LogP contribution in [-0.4, -0.2) is 20.3 Å². The van der Waals surface area contributed by atoms with Gasteiger partial charge in [0.2, 0.25) is 0 Å². The van der Waals surface area contributed by atoms with Crippen LogP contribution in [0.4, 0.5) is 0 Å². The van der Waals surface area contributed by atoms with Crippen molar-refractivity contribution in [3.63, 3.8) is 0 Å². The summed E-state index contributed by atoms with van der Waals surface area (Å²) < 4.78 is 10.4. The molecule has 0 fully saturated rings. The summed E-state index contributed by atoms with van der Waals surface area (Å²) in [5, 5.41) is 0. The topological polar surface area (TPSA) is 44.5 Å². The van der Waals surface area contributed by atoms with Crippen LogP contribution in [-0.2, 0) is 10.3 Å². The lowest BCUT2D eigenvalue weighted by molar-refractivity contribution is 0.101. The standard InChI is InChI=1S/C12H19NO2/c1-4-15-9-12(2,13)10-5-7-11(14-3)8-6-10/h5-8H,4,9,13H2,1-3H3. The minimum atomic E-state index is -0.442. The molecule has 0 saturated heterocycles. The number of rotatable bonds is 5. The van der Waals surface area contributed by atoms with Crippen LogP contribution >= 0.6 is 0 Å². The summed E-state index contributed by atoms with van der Waals surface area (Å²) in [7, 11) is 1.65. The zero-order chi connectivity index (χ0) is 11.3. The van der Waals surface area contributed by atoms with Crippen molar-refractivity contribution in [2.24, 2.45) is 5.73 Å². The summed E-state index contributed by atoms with van der Waals surface area (Å²) in [4.78, 5) is 0. The van der Waals surface area contributed by atoms with E-state index in [2.05, 4.69) is 0 Å². The number of methoxy groups -OCH3 is 1. The van der Waals surface area contributed by atoms with Gasteiger partial charge in [-0.1, -0.05) is 12.1 Å². The molecule has 0 aliphatic rings. The highest BCUT2D eigenvalue weighted by Crippen LogP contribution is 2.21. The van der Waals surface area contributed by atoms with Gasteiger partial charge in [0, 0.05) is 6.61 Å². The van der Waals surface area contributed by atoms with E-state index in [0.29, 0.717) is 13.2 Å². The van der Waals surface area contributed by atoms with Crippen LogP contribution in [0.2, 0.25) is 0 Å². The molecule has 0 aromatic heterocycles. The molecule has 3 heteroatoms. The van der Waals surface area contributed by atoms with Gasteiger partial charge >= 0.3 is 0 Å². The van der Waals surface area contributed by atoms with E-state index < -0.39 is 5.54 Å². The second-order valence-corrected chi connectivity index (χ2v) is 3.78. The second-order valence-electron chi connectivity index (χ2n) is 3.78. The van der Waals surface area contributed by atoms with Crippen LogP contribution < -0.4 is 10.5 Å². The van der Waals surface area contributed by atoms with Crippen LogP contribution in [0.1, 0.15) is 19.4 Å². The minimum absolute atomic E-state index is 0.442. The molecule has 0 bridgehead atoms. The molecular weight excluding hydrogens is 190 g/mol. The third kappa shape index (κ3) is 3.22. The summed E-state index contributed by atoms with van der Waals surface area (Å²) in [6.45, 7) is 5.13. The number of nitrogens with two attached hydrogens (primary N) is 1. The molecule has 1 aromatic carbocycles. The van der Waals surface area contributed by atoms with Crippen molar-refractivity contribution in [2.75, 3.05) is 20.3 Å². The summed E-state index contributed by atoms with van der Waals surface area (Å²) in [5.41, 5.74) is 6.76. The van der Waals surface area contributed by atoms with Crippen molar-refractivity contribution in [3.05, 3.63) is 29.8 Å². The molecule has 15 heavy (non-hydrogen) atoms. The van der Waals surface area contributed by atoms with E-state index >= 15 is 0 Å². The maximum Gasteiger partial charge on any atom is 0.118 e. The molecule has 84 valence electrons. The molecule has 0 aliphatic carbocycles. The van der Waals surface area contributed by atoms with Gasteiger partial charge in [0.25, 0.3) is 0 Å². The molecule has 1 rings (SSSR count). The van der Waals surface area contributed by atoms with Gasteiger partial charge in [-0.3, -0.25) is 0 Å². The van der Waals surface area contributed by atoms with Crippen LogP contribution in [0.15, 0.2) is 24.3 Å². The maximum atomic E-state index is 6.15. The first-order valence-corrected chi connectivity index (χ1v) is 5.11. The number of hydrogen-bond donors (Lipinski definition) is 1. The molecule has 3 nitrogen and oxygen atoms in total. The molecule has 0 aliphatic heterocycles. The van der Waals surface area contributed by atoms with Gasteiger partial charge in [-0.2, -0.15) is 0 Å². The molecule has 0 heterocycles. The van der Waals surface area contributed by atoms with E-state index in [1.165, 1.54) is 0 Å². The summed E-state index contributed by atoms with van der Waals surface area (Å²) in [6.07, 6.45) is 0. The van der Waals surface area contributed by atoms with Crippen molar-refractivity contribution < 1.29 is 9.47 Å². The zero-order valence-corrected chi connectivity index (χ0v) is 9.62. The quantitative estimate of drug-likeness (QED) is 0.805. The Hall–Kier alpha value is -1.06. The predicted octanol–water partition coefficient (Wildman–Crippen LogP) is 1.91. The van der Waals surface area contributed by atoms with Gasteiger partial charge in [0.15, 0.2) is 0 Å². The van der Waals surface area contributed by atoms with E-state index in [1.807, 2.05) is 38.1 Å². The Kier molecular flexibility index (Phi) is 4.12. The van der Waals surface area contributed by atoms with E-state index in [9.17, 15) is 0 Å². The first-order valence-electron chi connectivity index (χ1n) is 5.11. The molecule has 0 spiro atoms. The van der Waals surface area contributed by atoms with Gasteiger partial charge in [0.05, 0.1) is 19.3 Å². The Labute approximate surface area is 91.2 Å². The monoisotopic (exact) mass is 209 g/mol. The molecular formula is C12H19NO2. The van der Waals surface area contributed by atoms with Gasteiger partial charge in [0.1, 0.15) is 5.75 Å². The second kappa shape index (κ2) is 5.14. The summed E-state index contributed by atoms with van der Waals surface area (Å²) >= 11 is 0. The minimum Gasteiger partial charge on any atom is -0.497 e. The third-order valence-corrected chi connectivity index (χ3v) is 2.36. The van der Waals surface area contributed by atoms with Gasteiger partial charge in [-0.05, 0) is 31.5 Å². The highest BCUT2D eigenvalue weighted by molar-refractivity contribution is 5.31.